The lowest BCUT2D eigenvalue weighted by Crippen LogP contribution is -2.02. The van der Waals surface area contributed by atoms with Crippen molar-refractivity contribution in [1.29, 1.82) is 0 Å². The van der Waals surface area contributed by atoms with Crippen molar-refractivity contribution in [2.24, 2.45) is 0 Å². The molecule has 5 heteroatoms. The number of hydrogen-bond acceptors (Lipinski definition) is 4. The summed E-state index contributed by atoms with van der Waals surface area (Å²) in [6, 6.07) is 3.05. The number of carboxylic acids is 1. The van der Waals surface area contributed by atoms with Crippen molar-refractivity contribution in [3.63, 3.8) is 0 Å². The first-order valence-electron chi connectivity index (χ1n) is 4.29. The van der Waals surface area contributed by atoms with Crippen LogP contribution in [0.4, 0.5) is 0 Å². The fourth-order valence-corrected chi connectivity index (χ4v) is 1.22. The number of aromatic nitrogens is 2. The highest BCUT2D eigenvalue weighted by atomic mass is 16.4. The molecule has 0 saturated carbocycles. The van der Waals surface area contributed by atoms with Crippen LogP contribution in [0.5, 0.6) is 0 Å². The van der Waals surface area contributed by atoms with E-state index in [1.54, 1.807) is 13.0 Å². The van der Waals surface area contributed by atoms with E-state index in [1.165, 1.54) is 18.5 Å². The maximum Gasteiger partial charge on any atom is 0.354 e. The Morgan fingerprint density at radius 3 is 2.87 bits per heavy atom. The fraction of sp³-hybridized carbons (Fsp3) is 0.100. The first-order valence-corrected chi connectivity index (χ1v) is 4.29. The van der Waals surface area contributed by atoms with Crippen molar-refractivity contribution < 1.29 is 14.3 Å². The normalized spacial score (nSPS) is 10.2. The van der Waals surface area contributed by atoms with Crippen LogP contribution in [-0.2, 0) is 0 Å². The van der Waals surface area contributed by atoms with E-state index in [0.717, 1.165) is 0 Å². The molecule has 5 nitrogen and oxygen atoms in total. The summed E-state index contributed by atoms with van der Waals surface area (Å²) in [6.07, 6.45) is 2.93. The van der Waals surface area contributed by atoms with Gasteiger partial charge in [-0.3, -0.25) is 0 Å². The number of rotatable bonds is 2. The quantitative estimate of drug-likeness (QED) is 0.806. The van der Waals surface area contributed by atoms with Crippen LogP contribution in [0.25, 0.3) is 11.4 Å². The number of carbonyl (C=O) groups is 1. The zero-order valence-electron chi connectivity index (χ0n) is 7.97. The van der Waals surface area contributed by atoms with Crippen molar-refractivity contribution in [1.82, 2.24) is 9.97 Å². The average Bonchev–Trinajstić information content (AvgIpc) is 2.64. The Labute approximate surface area is 85.4 Å². The molecule has 2 heterocycles. The van der Waals surface area contributed by atoms with Crippen LogP contribution >= 0.6 is 0 Å². The summed E-state index contributed by atoms with van der Waals surface area (Å²) >= 11 is 0. The Hall–Kier alpha value is -2.17. The van der Waals surface area contributed by atoms with Crippen LogP contribution in [0.2, 0.25) is 0 Å². The summed E-state index contributed by atoms with van der Waals surface area (Å²) in [5, 5.41) is 8.76. The third-order valence-corrected chi connectivity index (χ3v) is 1.97. The predicted octanol–water partition coefficient (Wildman–Crippen LogP) is 1.74. The molecule has 0 amide bonds. The van der Waals surface area contributed by atoms with E-state index in [1.807, 2.05) is 0 Å². The van der Waals surface area contributed by atoms with Gasteiger partial charge in [-0.1, -0.05) is 0 Å². The van der Waals surface area contributed by atoms with E-state index in [9.17, 15) is 4.79 Å². The number of carboxylic acid groups (broad SMARTS) is 1. The van der Waals surface area contributed by atoms with Gasteiger partial charge in [0.25, 0.3) is 0 Å². The third kappa shape index (κ3) is 1.71. The van der Waals surface area contributed by atoms with Crippen molar-refractivity contribution in [2.45, 2.75) is 6.92 Å². The molecule has 2 aromatic heterocycles. The molecule has 0 aliphatic carbocycles. The van der Waals surface area contributed by atoms with Crippen molar-refractivity contribution in [3.05, 3.63) is 36.0 Å². The highest BCUT2D eigenvalue weighted by Gasteiger charge is 2.10. The highest BCUT2D eigenvalue weighted by molar-refractivity contribution is 5.85. The van der Waals surface area contributed by atoms with Gasteiger partial charge < -0.3 is 9.52 Å². The molecule has 0 aliphatic heterocycles. The van der Waals surface area contributed by atoms with Crippen LogP contribution in [0.15, 0.2) is 29.0 Å². The van der Waals surface area contributed by atoms with E-state index in [-0.39, 0.29) is 5.69 Å². The number of aryl methyl sites for hydroxylation is 1. The molecule has 15 heavy (non-hydrogen) atoms. The molecule has 2 rings (SSSR count). The predicted molar refractivity (Wildman–Crippen MR) is 51.4 cm³/mol. The molecule has 0 spiro atoms. The molecule has 0 atom stereocenters. The van der Waals surface area contributed by atoms with Crippen LogP contribution in [-0.4, -0.2) is 21.0 Å². The van der Waals surface area contributed by atoms with Gasteiger partial charge in [0.15, 0.2) is 11.5 Å². The van der Waals surface area contributed by atoms with Crippen molar-refractivity contribution in [3.8, 4) is 11.4 Å². The smallest absolute Gasteiger partial charge is 0.354 e. The lowest BCUT2D eigenvalue weighted by Gasteiger charge is -1.98. The molecule has 76 valence electrons. The van der Waals surface area contributed by atoms with E-state index >= 15 is 0 Å². The second kappa shape index (κ2) is 3.53. The van der Waals surface area contributed by atoms with E-state index in [2.05, 4.69) is 9.97 Å². The molecule has 0 fully saturated rings. The molecule has 0 radical (unpaired) electrons. The van der Waals surface area contributed by atoms with Gasteiger partial charge >= 0.3 is 5.97 Å². The Morgan fingerprint density at radius 2 is 2.27 bits per heavy atom. The van der Waals surface area contributed by atoms with Gasteiger partial charge in [-0.25, -0.2) is 14.8 Å². The minimum atomic E-state index is -1.07. The Balaban J connectivity index is 2.50. The summed E-state index contributed by atoms with van der Waals surface area (Å²) in [5.41, 5.74) is 0.679. The van der Waals surface area contributed by atoms with E-state index in [0.29, 0.717) is 17.1 Å². The third-order valence-electron chi connectivity index (χ3n) is 1.97. The number of aromatic carboxylic acids is 1. The zero-order valence-corrected chi connectivity index (χ0v) is 7.97. The summed E-state index contributed by atoms with van der Waals surface area (Å²) in [5.74, 6) is -0.0431. The van der Waals surface area contributed by atoms with E-state index < -0.39 is 5.97 Å². The topological polar surface area (TPSA) is 76.2 Å². The molecule has 0 aliphatic rings. The van der Waals surface area contributed by atoms with Gasteiger partial charge in [0.2, 0.25) is 0 Å². The molecular weight excluding hydrogens is 196 g/mol. The second-order valence-corrected chi connectivity index (χ2v) is 2.96. The molecule has 0 unspecified atom stereocenters. The molecule has 0 bridgehead atoms. The zero-order chi connectivity index (χ0) is 10.8. The molecule has 2 aromatic rings. The van der Waals surface area contributed by atoms with E-state index in [4.69, 9.17) is 9.52 Å². The fourth-order valence-electron chi connectivity index (χ4n) is 1.22. The summed E-state index contributed by atoms with van der Waals surface area (Å²) < 4.78 is 5.09. The molecular formula is C10H8N2O3. The Bertz CT molecular complexity index is 505. The van der Waals surface area contributed by atoms with Gasteiger partial charge in [0.05, 0.1) is 11.8 Å². The monoisotopic (exact) mass is 204 g/mol. The number of hydrogen-bond donors (Lipinski definition) is 1. The Kier molecular flexibility index (Phi) is 2.21. The standard InChI is InChI=1S/C10H8N2O3/c1-6-7(3-5-15-6)9-11-4-2-8(12-9)10(13)14/h2-5H,1H3,(H,13,14). The largest absolute Gasteiger partial charge is 0.477 e. The summed E-state index contributed by atoms with van der Waals surface area (Å²) in [7, 11) is 0. The second-order valence-electron chi connectivity index (χ2n) is 2.96. The van der Waals surface area contributed by atoms with Crippen molar-refractivity contribution >= 4 is 5.97 Å². The lowest BCUT2D eigenvalue weighted by molar-refractivity contribution is 0.0690. The van der Waals surface area contributed by atoms with Gasteiger partial charge in [0, 0.05) is 6.20 Å². The number of nitrogens with zero attached hydrogens (tertiary/aromatic N) is 2. The van der Waals surface area contributed by atoms with Gasteiger partial charge in [-0.15, -0.1) is 0 Å². The first kappa shape index (κ1) is 9.39. The van der Waals surface area contributed by atoms with Crippen LogP contribution in [0.3, 0.4) is 0 Å². The highest BCUT2D eigenvalue weighted by Crippen LogP contribution is 2.20. The molecule has 1 N–H and O–H groups in total. The van der Waals surface area contributed by atoms with Crippen molar-refractivity contribution in [2.75, 3.05) is 0 Å². The molecule has 0 saturated heterocycles. The first-order chi connectivity index (χ1) is 7.18. The minimum Gasteiger partial charge on any atom is -0.477 e. The van der Waals surface area contributed by atoms with Gasteiger partial charge in [-0.2, -0.15) is 0 Å². The van der Waals surface area contributed by atoms with Crippen LogP contribution in [0, 0.1) is 6.92 Å². The van der Waals surface area contributed by atoms with Gasteiger partial charge in [0.1, 0.15) is 5.76 Å². The lowest BCUT2D eigenvalue weighted by atomic mass is 10.2. The molecule has 0 aromatic carbocycles. The number of furan rings is 1. The average molecular weight is 204 g/mol. The summed E-state index contributed by atoms with van der Waals surface area (Å²) in [6.45, 7) is 1.77. The van der Waals surface area contributed by atoms with Crippen LogP contribution in [0.1, 0.15) is 16.2 Å². The SMILES string of the molecule is Cc1occc1-c1nccc(C(=O)O)n1. The maximum absolute atomic E-state index is 10.7. The maximum atomic E-state index is 10.7. The van der Waals surface area contributed by atoms with Crippen LogP contribution < -0.4 is 0 Å². The minimum absolute atomic E-state index is 0.0272. The summed E-state index contributed by atoms with van der Waals surface area (Å²) in [4.78, 5) is 18.6. The van der Waals surface area contributed by atoms with Gasteiger partial charge in [-0.05, 0) is 19.1 Å². The Morgan fingerprint density at radius 1 is 1.47 bits per heavy atom.